The van der Waals surface area contributed by atoms with E-state index in [0.717, 1.165) is 55.0 Å². The zero-order valence-electron chi connectivity index (χ0n) is 44.2. The van der Waals surface area contributed by atoms with Crippen molar-refractivity contribution in [1.29, 1.82) is 0 Å². The minimum Gasteiger partial charge on any atom is -0.392 e. The largest absolute Gasteiger partial charge is 0.392 e. The highest BCUT2D eigenvalue weighted by atomic mass is 16.3. The highest BCUT2D eigenvalue weighted by molar-refractivity contribution is 6.23. The predicted octanol–water partition coefficient (Wildman–Crippen LogP) is 3.92. The number of aliphatic hydroxyl groups excluding tert-OH is 1. The van der Waals surface area contributed by atoms with E-state index in [2.05, 4.69) is 67.9 Å². The Morgan fingerprint density at radius 2 is 1.68 bits per heavy atom. The number of nitrogens with zero attached hydrogens (tertiary/aromatic N) is 9. The Morgan fingerprint density at radius 1 is 0.872 bits per heavy atom. The first kappa shape index (κ1) is 51.8. The lowest BCUT2D eigenvalue weighted by molar-refractivity contribution is -0.136. The van der Waals surface area contributed by atoms with Crippen LogP contribution in [0.25, 0.3) is 17.3 Å². The number of rotatable bonds is 12. The number of anilines is 5. The van der Waals surface area contributed by atoms with Gasteiger partial charge in [-0.3, -0.25) is 63.7 Å². The van der Waals surface area contributed by atoms with Gasteiger partial charge in [-0.2, -0.15) is 0 Å². The van der Waals surface area contributed by atoms with Gasteiger partial charge >= 0.3 is 0 Å². The summed E-state index contributed by atoms with van der Waals surface area (Å²) >= 11 is 0. The Morgan fingerprint density at radius 3 is 2.44 bits per heavy atom. The van der Waals surface area contributed by atoms with Gasteiger partial charge in [0.2, 0.25) is 24.1 Å². The normalized spacial score (nSPS) is 22.2. The molecule has 3 saturated heterocycles. The molecular formula is C57H62N12O9. The molecule has 0 saturated carbocycles. The third-order valence-electron chi connectivity index (χ3n) is 16.4. The molecule has 2 unspecified atom stereocenters. The van der Waals surface area contributed by atoms with E-state index in [1.807, 2.05) is 30.3 Å². The monoisotopic (exact) mass is 1060 g/mol. The number of fused-ring (bicyclic) bond motifs is 4. The van der Waals surface area contributed by atoms with Gasteiger partial charge in [-0.25, -0.2) is 9.97 Å². The quantitative estimate of drug-likeness (QED) is 0.0786. The molecule has 4 atom stereocenters. The molecule has 78 heavy (non-hydrogen) atoms. The van der Waals surface area contributed by atoms with Gasteiger partial charge in [-0.05, 0) is 112 Å². The minimum atomic E-state index is -1.03. The summed E-state index contributed by atoms with van der Waals surface area (Å²) in [4.78, 5) is 122. The molecule has 5 aliphatic heterocycles. The number of hydrogen-bond donors (Lipinski definition) is 4. The smallest absolute Gasteiger partial charge is 0.293 e. The molecule has 0 radical (unpaired) electrons. The molecule has 7 amide bonds. The Balaban J connectivity index is 0.788. The van der Waals surface area contributed by atoms with Crippen molar-refractivity contribution in [2.45, 2.75) is 104 Å². The van der Waals surface area contributed by atoms with Crippen molar-refractivity contribution in [2.75, 3.05) is 52.7 Å². The fourth-order valence-corrected chi connectivity index (χ4v) is 12.7. The zero-order chi connectivity index (χ0) is 54.9. The molecule has 3 fully saturated rings. The molecule has 21 heteroatoms. The molecule has 2 aromatic carbocycles. The van der Waals surface area contributed by atoms with Gasteiger partial charge < -0.3 is 29.4 Å². The van der Waals surface area contributed by atoms with E-state index >= 15 is 0 Å². The number of aliphatic hydroxyl groups is 1. The number of imide groups is 3. The zero-order valence-corrected chi connectivity index (χ0v) is 44.2. The SMILES string of the molecule is C[C@@H]1CC(N2CCN(c3ccc(Nc4nc(-c5ccnc(N6CCn7c(cc8c7CC(C)(C)C8)C6=O)c5CO)cn(C)c4=O)cc3C=CC(=O)NC=O)[C@@H](C)C2)CCN1c1ccc2c(c1)C(=O)N(C1CCC(=O)NC1=O)C2=O. The van der Waals surface area contributed by atoms with Crippen LogP contribution in [-0.2, 0) is 52.2 Å². The molecule has 1 aliphatic carbocycles. The van der Waals surface area contributed by atoms with Crippen molar-refractivity contribution in [3.63, 3.8) is 0 Å². The summed E-state index contributed by atoms with van der Waals surface area (Å²) in [6, 6.07) is 13.9. The molecule has 21 nitrogen and oxygen atoms in total. The fourth-order valence-electron chi connectivity index (χ4n) is 12.7. The second-order valence-electron chi connectivity index (χ2n) is 22.1. The van der Waals surface area contributed by atoms with Crippen molar-refractivity contribution in [2.24, 2.45) is 12.5 Å². The Kier molecular flexibility index (Phi) is 13.4. The first-order valence-electron chi connectivity index (χ1n) is 26.6. The van der Waals surface area contributed by atoms with Gasteiger partial charge in [0.25, 0.3) is 23.3 Å². The molecule has 404 valence electrons. The summed E-state index contributed by atoms with van der Waals surface area (Å²) in [6.07, 6.45) is 10.0. The minimum absolute atomic E-state index is 0.00129. The van der Waals surface area contributed by atoms with Crippen molar-refractivity contribution in [3.05, 3.63) is 117 Å². The van der Waals surface area contributed by atoms with Crippen LogP contribution in [0.3, 0.4) is 0 Å². The molecule has 3 aromatic heterocycles. The average molecular weight is 1060 g/mol. The number of carbonyl (C=O) groups is 7. The van der Waals surface area contributed by atoms with E-state index in [0.29, 0.717) is 72.2 Å². The third kappa shape index (κ3) is 9.33. The highest BCUT2D eigenvalue weighted by Crippen LogP contribution is 2.41. The Hall–Kier alpha value is -8.30. The number of nitrogens with one attached hydrogen (secondary N) is 3. The third-order valence-corrected chi connectivity index (χ3v) is 16.4. The van der Waals surface area contributed by atoms with Gasteiger partial charge in [-0.1, -0.05) is 13.8 Å². The van der Waals surface area contributed by atoms with Gasteiger partial charge in [0, 0.05) is 129 Å². The lowest BCUT2D eigenvalue weighted by atomic mass is 9.90. The molecular weight excluding hydrogens is 997 g/mol. The second kappa shape index (κ2) is 20.2. The Bertz CT molecular complexity index is 3450. The van der Waals surface area contributed by atoms with Crippen molar-refractivity contribution >= 4 is 76.6 Å². The van der Waals surface area contributed by atoms with Crippen LogP contribution in [-0.4, -0.2) is 133 Å². The second-order valence-corrected chi connectivity index (χ2v) is 22.1. The van der Waals surface area contributed by atoms with Crippen molar-refractivity contribution in [1.82, 2.24) is 39.5 Å². The molecule has 0 bridgehead atoms. The van der Waals surface area contributed by atoms with Crippen LogP contribution < -0.4 is 36.2 Å². The summed E-state index contributed by atoms with van der Waals surface area (Å²) in [6.45, 7) is 12.2. The number of aryl methyl sites for hydroxylation is 1. The van der Waals surface area contributed by atoms with Crippen LogP contribution in [0.2, 0.25) is 0 Å². The topological polar surface area (TPSA) is 245 Å². The summed E-state index contributed by atoms with van der Waals surface area (Å²) in [7, 11) is 1.61. The summed E-state index contributed by atoms with van der Waals surface area (Å²) in [5.41, 5.74) is 7.31. The summed E-state index contributed by atoms with van der Waals surface area (Å²) in [5, 5.41) is 18.5. The van der Waals surface area contributed by atoms with E-state index < -0.39 is 47.7 Å². The maximum atomic E-state index is 14.1. The van der Waals surface area contributed by atoms with Crippen molar-refractivity contribution in [3.8, 4) is 11.3 Å². The number of piperidine rings is 2. The number of pyridine rings is 1. The van der Waals surface area contributed by atoms with Crippen LogP contribution >= 0.6 is 0 Å². The number of piperazine rings is 1. The van der Waals surface area contributed by atoms with Crippen LogP contribution in [0.15, 0.2) is 71.8 Å². The van der Waals surface area contributed by atoms with E-state index in [-0.39, 0.29) is 59.2 Å². The van der Waals surface area contributed by atoms with E-state index in [1.54, 1.807) is 48.6 Å². The fraction of sp³-hybridized carbons (Fsp3) is 0.404. The maximum Gasteiger partial charge on any atom is 0.293 e. The van der Waals surface area contributed by atoms with Gasteiger partial charge in [0.15, 0.2) is 5.82 Å². The first-order valence-corrected chi connectivity index (χ1v) is 26.6. The number of amides is 7. The molecule has 8 heterocycles. The number of hydrogen-bond acceptors (Lipinski definition) is 15. The molecule has 11 rings (SSSR count). The predicted molar refractivity (Wildman–Crippen MR) is 290 cm³/mol. The standard InChI is InChI=1S/C57H62N12O9/c1-32-22-37(15-17-65(32)38-8-9-40-41(25-38)54(76)69(53(40)75)45-11-13-49(73)62-52(45)74)64-18-19-66(33(2)28-64)44-10-7-36(23-34(44)6-12-48(72)59-31-71)60-50-56(78)63(5)29-43(61-50)39-14-16-58-51(42(39)30-70)68-21-20-67-46(55(68)77)24-35-26-57(3,4)27-47(35)67/h6-10,12,14,16,23-25,29,31-33,37,45,70H,11,13,15,17-22,26-28,30H2,1-5H3,(H,60,61)(H,59,71,72)(H,62,73,74)/t32-,33+,37?,45?/m1/s1. The number of carbonyl (C=O) groups excluding carboxylic acids is 7. The van der Waals surface area contributed by atoms with Crippen LogP contribution in [0.4, 0.5) is 28.7 Å². The van der Waals surface area contributed by atoms with Gasteiger partial charge in [0.1, 0.15) is 17.6 Å². The lowest BCUT2D eigenvalue weighted by Crippen LogP contribution is -2.58. The van der Waals surface area contributed by atoms with E-state index in [9.17, 15) is 43.5 Å². The lowest BCUT2D eigenvalue weighted by Gasteiger charge is -2.48. The van der Waals surface area contributed by atoms with Gasteiger partial charge in [0.05, 0.1) is 23.4 Å². The first-order chi connectivity index (χ1) is 37.4. The van der Waals surface area contributed by atoms with Crippen molar-refractivity contribution < 1.29 is 38.7 Å². The number of aromatic nitrogens is 4. The average Bonchev–Trinajstić information content (AvgIpc) is 4.11. The molecule has 4 N–H and O–H groups in total. The van der Waals surface area contributed by atoms with E-state index in [4.69, 9.17) is 4.98 Å². The number of benzene rings is 2. The van der Waals surface area contributed by atoms with Crippen LogP contribution in [0.1, 0.15) is 107 Å². The highest BCUT2D eigenvalue weighted by Gasteiger charge is 2.45. The van der Waals surface area contributed by atoms with Gasteiger partial charge in [-0.15, -0.1) is 0 Å². The maximum absolute atomic E-state index is 14.1. The molecule has 6 aliphatic rings. The molecule has 5 aromatic rings. The summed E-state index contributed by atoms with van der Waals surface area (Å²) in [5.74, 6) is -2.60. The van der Waals surface area contributed by atoms with Crippen LogP contribution in [0.5, 0.6) is 0 Å². The van der Waals surface area contributed by atoms with Crippen LogP contribution in [0, 0.1) is 5.41 Å². The summed E-state index contributed by atoms with van der Waals surface area (Å²) < 4.78 is 3.52. The Labute approximate surface area is 449 Å². The van der Waals surface area contributed by atoms with E-state index in [1.165, 1.54) is 21.9 Å². The molecule has 0 spiro atoms.